The molecule has 2 aromatic rings. The van der Waals surface area contributed by atoms with Crippen molar-refractivity contribution < 1.29 is 5.11 Å². The third-order valence-electron chi connectivity index (χ3n) is 2.45. The quantitative estimate of drug-likeness (QED) is 0.650. The van der Waals surface area contributed by atoms with Gasteiger partial charge in [0.1, 0.15) is 5.15 Å². The van der Waals surface area contributed by atoms with Crippen LogP contribution in [-0.4, -0.2) is 10.1 Å². The van der Waals surface area contributed by atoms with Gasteiger partial charge in [0.25, 0.3) is 0 Å². The Bertz CT molecular complexity index is 524. The summed E-state index contributed by atoms with van der Waals surface area (Å²) in [4.78, 5) is 4.25. The van der Waals surface area contributed by atoms with Crippen LogP contribution in [0.4, 0.5) is 0 Å². The average Bonchev–Trinajstić information content (AvgIpc) is 2.28. The first-order valence-corrected chi connectivity index (χ1v) is 5.44. The van der Waals surface area contributed by atoms with E-state index < -0.39 is 6.10 Å². The first-order chi connectivity index (χ1) is 7.72. The van der Waals surface area contributed by atoms with Gasteiger partial charge in [0.15, 0.2) is 0 Å². The molecule has 0 saturated heterocycles. The van der Waals surface area contributed by atoms with Crippen molar-refractivity contribution in [2.45, 2.75) is 12.5 Å². The number of hydrogen-bond acceptors (Lipinski definition) is 2. The second-order valence-corrected chi connectivity index (χ2v) is 3.96. The Kier molecular flexibility index (Phi) is 3.22. The van der Waals surface area contributed by atoms with Gasteiger partial charge in [0.05, 0.1) is 11.6 Å². The summed E-state index contributed by atoms with van der Waals surface area (Å²) in [7, 11) is 0. The van der Waals surface area contributed by atoms with Gasteiger partial charge in [-0.3, -0.25) is 0 Å². The van der Waals surface area contributed by atoms with Gasteiger partial charge in [0.2, 0.25) is 0 Å². The lowest BCUT2D eigenvalue weighted by Gasteiger charge is -2.11. The lowest BCUT2D eigenvalue weighted by Crippen LogP contribution is -1.98. The molecule has 1 aromatic carbocycles. The van der Waals surface area contributed by atoms with E-state index in [1.54, 1.807) is 6.08 Å². The van der Waals surface area contributed by atoms with E-state index >= 15 is 0 Å². The summed E-state index contributed by atoms with van der Waals surface area (Å²) < 4.78 is 0. The van der Waals surface area contributed by atoms with Gasteiger partial charge in [-0.05, 0) is 18.6 Å². The maximum Gasteiger partial charge on any atom is 0.135 e. The normalized spacial score (nSPS) is 12.6. The molecule has 0 aliphatic carbocycles. The van der Waals surface area contributed by atoms with E-state index in [2.05, 4.69) is 11.6 Å². The summed E-state index contributed by atoms with van der Waals surface area (Å²) in [6.45, 7) is 3.59. The van der Waals surface area contributed by atoms with Crippen molar-refractivity contribution in [2.75, 3.05) is 0 Å². The van der Waals surface area contributed by atoms with E-state index in [1.165, 1.54) is 0 Å². The largest absolute Gasteiger partial charge is 0.388 e. The highest BCUT2D eigenvalue weighted by atomic mass is 35.5. The SMILES string of the molecule is C=CCC(O)c1cc2ccccc2nc1Cl. The Hall–Kier alpha value is -1.38. The van der Waals surface area contributed by atoms with Crippen LogP contribution in [0.5, 0.6) is 0 Å². The molecular weight excluding hydrogens is 222 g/mol. The smallest absolute Gasteiger partial charge is 0.135 e. The molecule has 0 spiro atoms. The topological polar surface area (TPSA) is 33.1 Å². The highest BCUT2D eigenvalue weighted by molar-refractivity contribution is 6.30. The first kappa shape index (κ1) is 11.1. The molecule has 3 heteroatoms. The number of para-hydroxylation sites is 1. The fraction of sp³-hybridized carbons (Fsp3) is 0.154. The number of benzene rings is 1. The van der Waals surface area contributed by atoms with Gasteiger partial charge in [-0.1, -0.05) is 35.9 Å². The molecule has 2 nitrogen and oxygen atoms in total. The molecule has 0 aliphatic heterocycles. The third kappa shape index (κ3) is 2.08. The predicted octanol–water partition coefficient (Wildman–Crippen LogP) is 3.50. The van der Waals surface area contributed by atoms with Gasteiger partial charge < -0.3 is 5.11 Å². The van der Waals surface area contributed by atoms with E-state index in [0.717, 1.165) is 10.9 Å². The van der Waals surface area contributed by atoms with Crippen molar-refractivity contribution in [3.63, 3.8) is 0 Å². The minimum absolute atomic E-state index is 0.355. The van der Waals surface area contributed by atoms with Gasteiger partial charge >= 0.3 is 0 Å². The lowest BCUT2D eigenvalue weighted by molar-refractivity contribution is 0.181. The molecule has 2 rings (SSSR count). The maximum atomic E-state index is 9.87. The maximum absolute atomic E-state index is 9.87. The van der Waals surface area contributed by atoms with E-state index in [4.69, 9.17) is 11.6 Å². The first-order valence-electron chi connectivity index (χ1n) is 5.06. The van der Waals surface area contributed by atoms with Crippen molar-refractivity contribution in [2.24, 2.45) is 0 Å². The van der Waals surface area contributed by atoms with Gasteiger partial charge in [-0.15, -0.1) is 6.58 Å². The molecule has 82 valence electrons. The van der Waals surface area contributed by atoms with Crippen LogP contribution in [0.15, 0.2) is 43.0 Å². The molecule has 1 atom stereocenters. The van der Waals surface area contributed by atoms with Crippen LogP contribution in [0.25, 0.3) is 10.9 Å². The number of fused-ring (bicyclic) bond motifs is 1. The fourth-order valence-electron chi connectivity index (χ4n) is 1.63. The molecule has 0 radical (unpaired) electrons. The van der Waals surface area contributed by atoms with E-state index in [-0.39, 0.29) is 0 Å². The summed E-state index contributed by atoms with van der Waals surface area (Å²) in [5, 5.41) is 11.2. The summed E-state index contributed by atoms with van der Waals surface area (Å²) >= 11 is 6.03. The molecule has 0 fully saturated rings. The Labute approximate surface area is 99.2 Å². The number of nitrogens with zero attached hydrogens (tertiary/aromatic N) is 1. The van der Waals surface area contributed by atoms with Crippen molar-refractivity contribution in [3.05, 3.63) is 53.7 Å². The molecule has 0 aliphatic rings. The van der Waals surface area contributed by atoms with Crippen molar-refractivity contribution >= 4 is 22.5 Å². The van der Waals surface area contributed by atoms with Crippen molar-refractivity contribution in [3.8, 4) is 0 Å². The van der Waals surface area contributed by atoms with Crippen LogP contribution < -0.4 is 0 Å². The van der Waals surface area contributed by atoms with Gasteiger partial charge in [-0.2, -0.15) is 0 Å². The fourth-order valence-corrected chi connectivity index (χ4v) is 1.90. The number of halogens is 1. The van der Waals surface area contributed by atoms with Crippen LogP contribution in [0.3, 0.4) is 0 Å². The standard InChI is InChI=1S/C13H12ClNO/c1-2-5-12(16)10-8-9-6-3-4-7-11(9)15-13(10)14/h2-4,6-8,12,16H,1,5H2. The number of rotatable bonds is 3. The lowest BCUT2D eigenvalue weighted by atomic mass is 10.1. The molecule has 0 amide bonds. The number of aliphatic hydroxyl groups is 1. The van der Waals surface area contributed by atoms with E-state index in [1.807, 2.05) is 30.3 Å². The van der Waals surface area contributed by atoms with Crippen LogP contribution in [-0.2, 0) is 0 Å². The zero-order chi connectivity index (χ0) is 11.5. The van der Waals surface area contributed by atoms with E-state index in [9.17, 15) is 5.11 Å². The Morgan fingerprint density at radius 2 is 2.19 bits per heavy atom. The summed E-state index contributed by atoms with van der Waals surface area (Å²) in [6, 6.07) is 9.56. The number of aromatic nitrogens is 1. The molecule has 1 aromatic heterocycles. The molecule has 1 unspecified atom stereocenters. The Morgan fingerprint density at radius 1 is 1.44 bits per heavy atom. The molecule has 0 bridgehead atoms. The zero-order valence-corrected chi connectivity index (χ0v) is 9.48. The monoisotopic (exact) mass is 233 g/mol. The third-order valence-corrected chi connectivity index (χ3v) is 2.76. The minimum Gasteiger partial charge on any atom is -0.388 e. The highest BCUT2D eigenvalue weighted by Gasteiger charge is 2.12. The summed E-state index contributed by atoms with van der Waals surface area (Å²) in [5.74, 6) is 0. The van der Waals surface area contributed by atoms with Crippen LogP contribution in [0.2, 0.25) is 5.15 Å². The average molecular weight is 234 g/mol. The summed E-state index contributed by atoms with van der Waals surface area (Å²) in [5.41, 5.74) is 1.49. The Balaban J connectivity index is 2.53. The predicted molar refractivity (Wildman–Crippen MR) is 66.5 cm³/mol. The van der Waals surface area contributed by atoms with Gasteiger partial charge in [0, 0.05) is 10.9 Å². The number of aliphatic hydroxyl groups excluding tert-OH is 1. The second kappa shape index (κ2) is 4.64. The van der Waals surface area contributed by atoms with Crippen molar-refractivity contribution in [1.82, 2.24) is 4.98 Å². The van der Waals surface area contributed by atoms with Gasteiger partial charge in [-0.25, -0.2) is 4.98 Å². The molecule has 16 heavy (non-hydrogen) atoms. The molecule has 0 saturated carbocycles. The highest BCUT2D eigenvalue weighted by Crippen LogP contribution is 2.27. The number of pyridine rings is 1. The molecular formula is C13H12ClNO. The second-order valence-electron chi connectivity index (χ2n) is 3.60. The van der Waals surface area contributed by atoms with Crippen molar-refractivity contribution in [1.29, 1.82) is 0 Å². The summed E-state index contributed by atoms with van der Waals surface area (Å²) in [6.07, 6.45) is 1.50. The van der Waals surface area contributed by atoms with E-state index in [0.29, 0.717) is 17.1 Å². The number of hydrogen-bond donors (Lipinski definition) is 1. The Morgan fingerprint density at radius 3 is 2.94 bits per heavy atom. The van der Waals surface area contributed by atoms with Crippen LogP contribution in [0.1, 0.15) is 18.1 Å². The molecule has 1 N–H and O–H groups in total. The van der Waals surface area contributed by atoms with Crippen LogP contribution >= 0.6 is 11.6 Å². The molecule has 1 heterocycles. The zero-order valence-electron chi connectivity index (χ0n) is 8.73. The minimum atomic E-state index is -0.637. The van der Waals surface area contributed by atoms with Crippen LogP contribution in [0, 0.1) is 0 Å².